The van der Waals surface area contributed by atoms with E-state index in [0.717, 1.165) is 17.0 Å². The summed E-state index contributed by atoms with van der Waals surface area (Å²) in [7, 11) is 1.84. The number of aryl methyl sites for hydroxylation is 2. The summed E-state index contributed by atoms with van der Waals surface area (Å²) in [4.78, 5) is 25.1. The third kappa shape index (κ3) is 4.14. The Balaban J connectivity index is 1.45. The van der Waals surface area contributed by atoms with Crippen molar-refractivity contribution in [2.45, 2.75) is 39.1 Å². The minimum atomic E-state index is -0.540. The van der Waals surface area contributed by atoms with Crippen molar-refractivity contribution in [3.63, 3.8) is 0 Å². The summed E-state index contributed by atoms with van der Waals surface area (Å²) in [5, 5.41) is 11.6. The van der Waals surface area contributed by atoms with E-state index in [1.807, 2.05) is 50.4 Å². The standard InChI is InChI=1S/C20H24N6O3/c1-14-10-16(24(2)22-14)12-21-18(27)11-17-19-23-26(13-15-6-4-3-5-7-15)20(28)25(19)8-9-29-17/h3-7,10,17H,8-9,11-13H2,1-2H3,(H,21,27). The zero-order valence-electron chi connectivity index (χ0n) is 16.5. The smallest absolute Gasteiger partial charge is 0.346 e. The molecule has 1 amide bonds. The molecule has 9 nitrogen and oxygen atoms in total. The minimum Gasteiger partial charge on any atom is -0.368 e. The lowest BCUT2D eigenvalue weighted by Gasteiger charge is -2.22. The molecular weight excluding hydrogens is 372 g/mol. The number of nitrogens with zero attached hydrogens (tertiary/aromatic N) is 5. The van der Waals surface area contributed by atoms with Gasteiger partial charge >= 0.3 is 5.69 Å². The fourth-order valence-corrected chi connectivity index (χ4v) is 3.54. The predicted molar refractivity (Wildman–Crippen MR) is 105 cm³/mol. The molecule has 0 bridgehead atoms. The van der Waals surface area contributed by atoms with Crippen LogP contribution in [0.15, 0.2) is 41.2 Å². The molecule has 0 fully saturated rings. The van der Waals surface area contributed by atoms with Crippen molar-refractivity contribution in [3.05, 3.63) is 69.7 Å². The molecule has 0 radical (unpaired) electrons. The van der Waals surface area contributed by atoms with Crippen LogP contribution in [0.3, 0.4) is 0 Å². The molecule has 0 spiro atoms. The van der Waals surface area contributed by atoms with Crippen LogP contribution < -0.4 is 11.0 Å². The molecule has 1 aromatic carbocycles. The Morgan fingerprint density at radius 2 is 2.07 bits per heavy atom. The number of aromatic nitrogens is 5. The van der Waals surface area contributed by atoms with E-state index in [2.05, 4.69) is 15.5 Å². The largest absolute Gasteiger partial charge is 0.368 e. The fraction of sp³-hybridized carbons (Fsp3) is 0.400. The Hall–Kier alpha value is -3.20. The molecule has 0 saturated carbocycles. The molecule has 4 rings (SSSR count). The van der Waals surface area contributed by atoms with E-state index in [1.165, 1.54) is 4.68 Å². The van der Waals surface area contributed by atoms with Crippen molar-refractivity contribution in [1.82, 2.24) is 29.4 Å². The Morgan fingerprint density at radius 3 is 2.79 bits per heavy atom. The van der Waals surface area contributed by atoms with Crippen LogP contribution in [0.5, 0.6) is 0 Å². The number of nitrogens with one attached hydrogen (secondary N) is 1. The van der Waals surface area contributed by atoms with Gasteiger partial charge in [-0.05, 0) is 18.6 Å². The quantitative estimate of drug-likeness (QED) is 0.668. The number of hydrogen-bond donors (Lipinski definition) is 1. The first-order chi connectivity index (χ1) is 14.0. The number of carbonyl (C=O) groups is 1. The second-order valence-corrected chi connectivity index (χ2v) is 7.18. The highest BCUT2D eigenvalue weighted by Gasteiger charge is 2.28. The molecule has 1 unspecified atom stereocenters. The summed E-state index contributed by atoms with van der Waals surface area (Å²) in [6.07, 6.45) is -0.430. The molecule has 0 aliphatic carbocycles. The molecule has 1 aliphatic heterocycles. The number of rotatable bonds is 6. The first kappa shape index (κ1) is 19.1. The molecule has 1 aliphatic rings. The monoisotopic (exact) mass is 396 g/mol. The third-order valence-electron chi connectivity index (χ3n) is 4.98. The normalized spacial score (nSPS) is 15.9. The van der Waals surface area contributed by atoms with Crippen molar-refractivity contribution in [3.8, 4) is 0 Å². The number of ether oxygens (including phenoxy) is 1. The second-order valence-electron chi connectivity index (χ2n) is 7.18. The Bertz CT molecular complexity index is 1070. The zero-order valence-corrected chi connectivity index (χ0v) is 16.5. The number of carbonyl (C=O) groups excluding carboxylic acids is 1. The molecule has 3 aromatic rings. The average molecular weight is 396 g/mol. The highest BCUT2D eigenvalue weighted by Crippen LogP contribution is 2.22. The van der Waals surface area contributed by atoms with E-state index >= 15 is 0 Å². The van der Waals surface area contributed by atoms with Gasteiger partial charge in [0.05, 0.1) is 44.0 Å². The molecule has 1 N–H and O–H groups in total. The van der Waals surface area contributed by atoms with Crippen LogP contribution in [0.25, 0.3) is 0 Å². The van der Waals surface area contributed by atoms with Gasteiger partial charge < -0.3 is 10.1 Å². The van der Waals surface area contributed by atoms with E-state index in [9.17, 15) is 9.59 Å². The van der Waals surface area contributed by atoms with E-state index in [0.29, 0.717) is 32.1 Å². The first-order valence-electron chi connectivity index (χ1n) is 9.60. The molecule has 0 saturated heterocycles. The van der Waals surface area contributed by atoms with Gasteiger partial charge in [-0.25, -0.2) is 9.48 Å². The Kier molecular flexibility index (Phi) is 5.30. The lowest BCUT2D eigenvalue weighted by molar-refractivity contribution is -0.125. The lowest BCUT2D eigenvalue weighted by Crippen LogP contribution is -2.33. The highest BCUT2D eigenvalue weighted by molar-refractivity contribution is 5.76. The van der Waals surface area contributed by atoms with Crippen LogP contribution in [0.1, 0.15) is 35.3 Å². The van der Waals surface area contributed by atoms with Gasteiger partial charge in [0.1, 0.15) is 6.10 Å². The Labute approximate surface area is 167 Å². The van der Waals surface area contributed by atoms with Gasteiger partial charge in [0.15, 0.2) is 5.82 Å². The maximum atomic E-state index is 12.7. The molecule has 152 valence electrons. The van der Waals surface area contributed by atoms with Crippen molar-refractivity contribution in [2.24, 2.45) is 7.05 Å². The number of hydrogen-bond acceptors (Lipinski definition) is 5. The molecule has 2 aromatic heterocycles. The van der Waals surface area contributed by atoms with Crippen molar-refractivity contribution < 1.29 is 9.53 Å². The van der Waals surface area contributed by atoms with Crippen LogP contribution in [0.2, 0.25) is 0 Å². The van der Waals surface area contributed by atoms with Gasteiger partial charge in [0.25, 0.3) is 0 Å². The van der Waals surface area contributed by atoms with Crippen LogP contribution in [-0.2, 0) is 36.2 Å². The van der Waals surface area contributed by atoms with Crippen molar-refractivity contribution in [2.75, 3.05) is 6.61 Å². The topological polar surface area (TPSA) is 96.0 Å². The van der Waals surface area contributed by atoms with Crippen LogP contribution in [0, 0.1) is 6.92 Å². The highest BCUT2D eigenvalue weighted by atomic mass is 16.5. The van der Waals surface area contributed by atoms with E-state index < -0.39 is 6.10 Å². The number of amides is 1. The average Bonchev–Trinajstić information content (AvgIpc) is 3.20. The number of fused-ring (bicyclic) bond motifs is 1. The maximum Gasteiger partial charge on any atom is 0.346 e. The maximum absolute atomic E-state index is 12.7. The summed E-state index contributed by atoms with van der Waals surface area (Å²) in [6, 6.07) is 11.6. The summed E-state index contributed by atoms with van der Waals surface area (Å²) in [5.74, 6) is 0.344. The van der Waals surface area contributed by atoms with Crippen molar-refractivity contribution in [1.29, 1.82) is 0 Å². The van der Waals surface area contributed by atoms with Gasteiger partial charge in [-0.2, -0.15) is 10.2 Å². The molecular formula is C20H24N6O3. The lowest BCUT2D eigenvalue weighted by atomic mass is 10.2. The van der Waals surface area contributed by atoms with Gasteiger partial charge in [0.2, 0.25) is 5.91 Å². The van der Waals surface area contributed by atoms with Crippen LogP contribution in [-0.4, -0.2) is 36.6 Å². The van der Waals surface area contributed by atoms with E-state index in [1.54, 1.807) is 9.25 Å². The Morgan fingerprint density at radius 1 is 1.28 bits per heavy atom. The van der Waals surface area contributed by atoms with E-state index in [4.69, 9.17) is 4.74 Å². The minimum absolute atomic E-state index is 0.110. The van der Waals surface area contributed by atoms with Crippen LogP contribution in [0.4, 0.5) is 0 Å². The van der Waals surface area contributed by atoms with Gasteiger partial charge in [0, 0.05) is 7.05 Å². The molecule has 3 heterocycles. The van der Waals surface area contributed by atoms with Crippen LogP contribution >= 0.6 is 0 Å². The second kappa shape index (κ2) is 8.04. The molecule has 9 heteroatoms. The molecule has 29 heavy (non-hydrogen) atoms. The number of benzene rings is 1. The summed E-state index contributed by atoms with van der Waals surface area (Å²) >= 11 is 0. The summed E-state index contributed by atoms with van der Waals surface area (Å²) in [5.41, 5.74) is 2.64. The molecule has 1 atom stereocenters. The third-order valence-corrected chi connectivity index (χ3v) is 4.98. The van der Waals surface area contributed by atoms with E-state index in [-0.39, 0.29) is 18.0 Å². The van der Waals surface area contributed by atoms with Crippen molar-refractivity contribution >= 4 is 5.91 Å². The predicted octanol–water partition coefficient (Wildman–Crippen LogP) is 0.913. The summed E-state index contributed by atoms with van der Waals surface area (Å²) in [6.45, 7) is 3.50. The SMILES string of the molecule is Cc1cc(CNC(=O)CC2OCCn3c2nn(Cc2ccccc2)c3=O)n(C)n1. The zero-order chi connectivity index (χ0) is 20.4. The van der Waals surface area contributed by atoms with Gasteiger partial charge in [-0.1, -0.05) is 30.3 Å². The fourth-order valence-electron chi connectivity index (χ4n) is 3.54. The summed E-state index contributed by atoms with van der Waals surface area (Å²) < 4.78 is 10.5. The van der Waals surface area contributed by atoms with Gasteiger partial charge in [-0.15, -0.1) is 0 Å². The first-order valence-corrected chi connectivity index (χ1v) is 9.60. The van der Waals surface area contributed by atoms with Gasteiger partial charge in [-0.3, -0.25) is 14.0 Å².